The number of carbonyl (C=O) groups is 1. The predicted molar refractivity (Wildman–Crippen MR) is 93.0 cm³/mol. The van der Waals surface area contributed by atoms with Crippen molar-refractivity contribution in [1.82, 2.24) is 0 Å². The Kier molecular flexibility index (Phi) is 6.62. The lowest BCUT2D eigenvalue weighted by atomic mass is 10.3. The van der Waals surface area contributed by atoms with Crippen LogP contribution in [-0.2, 0) is 4.79 Å². The van der Waals surface area contributed by atoms with E-state index in [4.69, 9.17) is 16.3 Å². The van der Waals surface area contributed by atoms with Crippen LogP contribution in [0.3, 0.4) is 0 Å². The third-order valence-electron chi connectivity index (χ3n) is 2.87. The van der Waals surface area contributed by atoms with Gasteiger partial charge in [0, 0.05) is 22.8 Å². The van der Waals surface area contributed by atoms with E-state index in [1.54, 1.807) is 11.8 Å². The fourth-order valence-electron chi connectivity index (χ4n) is 1.84. The summed E-state index contributed by atoms with van der Waals surface area (Å²) in [5, 5.41) is 3.59. The number of hydrogen-bond acceptors (Lipinski definition) is 3. The number of benzene rings is 2. The van der Waals surface area contributed by atoms with Crippen molar-refractivity contribution in [2.45, 2.75) is 18.2 Å². The fraction of sp³-hybridized carbons (Fsp3) is 0.235. The highest BCUT2D eigenvalue weighted by Gasteiger charge is 2.05. The minimum atomic E-state index is -0.0105. The van der Waals surface area contributed by atoms with Gasteiger partial charge in [0.2, 0.25) is 5.91 Å². The molecule has 0 unspecified atom stereocenters. The van der Waals surface area contributed by atoms with E-state index in [2.05, 4.69) is 5.32 Å². The van der Waals surface area contributed by atoms with Crippen LogP contribution >= 0.6 is 23.4 Å². The molecule has 0 aliphatic heterocycles. The number of rotatable bonds is 7. The third kappa shape index (κ3) is 5.28. The molecule has 0 radical (unpaired) electrons. The molecule has 0 aliphatic carbocycles. The molecule has 5 heteroatoms. The van der Waals surface area contributed by atoms with E-state index in [9.17, 15) is 4.79 Å². The summed E-state index contributed by atoms with van der Waals surface area (Å²) in [6.45, 7) is 2.57. The number of thioether (sulfide) groups is 1. The average Bonchev–Trinajstić information content (AvgIpc) is 2.51. The van der Waals surface area contributed by atoms with Crippen molar-refractivity contribution in [3.63, 3.8) is 0 Å². The maximum atomic E-state index is 11.9. The SMILES string of the molecule is CCOc1ccc(NC(=O)CCSc2ccccc2Cl)cc1. The first kappa shape index (κ1) is 16.7. The van der Waals surface area contributed by atoms with Gasteiger partial charge in [0.05, 0.1) is 11.6 Å². The Balaban J connectivity index is 1.77. The Morgan fingerprint density at radius 3 is 2.59 bits per heavy atom. The normalized spacial score (nSPS) is 10.3. The summed E-state index contributed by atoms with van der Waals surface area (Å²) >= 11 is 7.66. The lowest BCUT2D eigenvalue weighted by Crippen LogP contribution is -2.12. The monoisotopic (exact) mass is 335 g/mol. The molecular formula is C17H18ClNO2S. The van der Waals surface area contributed by atoms with Crippen molar-refractivity contribution < 1.29 is 9.53 Å². The van der Waals surface area contributed by atoms with Crippen molar-refractivity contribution >= 4 is 35.0 Å². The van der Waals surface area contributed by atoms with Crippen molar-refractivity contribution in [2.75, 3.05) is 17.7 Å². The first-order chi connectivity index (χ1) is 10.7. The van der Waals surface area contributed by atoms with E-state index in [0.717, 1.165) is 21.4 Å². The first-order valence-corrected chi connectivity index (χ1v) is 8.45. The molecule has 3 nitrogen and oxygen atoms in total. The molecule has 1 N–H and O–H groups in total. The molecule has 0 fully saturated rings. The van der Waals surface area contributed by atoms with Crippen molar-refractivity contribution in [1.29, 1.82) is 0 Å². The Bertz CT molecular complexity index is 616. The van der Waals surface area contributed by atoms with Gasteiger partial charge in [-0.05, 0) is 43.3 Å². The average molecular weight is 336 g/mol. The molecule has 22 heavy (non-hydrogen) atoms. The first-order valence-electron chi connectivity index (χ1n) is 7.09. The van der Waals surface area contributed by atoms with Gasteiger partial charge in [0.25, 0.3) is 0 Å². The fourth-order valence-corrected chi connectivity index (χ4v) is 3.03. The quantitative estimate of drug-likeness (QED) is 0.734. The van der Waals surface area contributed by atoms with E-state index in [0.29, 0.717) is 18.8 Å². The number of amides is 1. The molecule has 116 valence electrons. The van der Waals surface area contributed by atoms with Gasteiger partial charge in [-0.1, -0.05) is 23.7 Å². The molecule has 0 spiro atoms. The highest BCUT2D eigenvalue weighted by atomic mass is 35.5. The summed E-state index contributed by atoms with van der Waals surface area (Å²) in [6, 6.07) is 15.0. The Morgan fingerprint density at radius 2 is 1.91 bits per heavy atom. The van der Waals surface area contributed by atoms with Crippen LogP contribution in [0.2, 0.25) is 5.02 Å². The zero-order valence-corrected chi connectivity index (χ0v) is 13.9. The number of hydrogen-bond donors (Lipinski definition) is 1. The molecule has 2 aromatic rings. The van der Waals surface area contributed by atoms with E-state index in [1.807, 2.05) is 55.5 Å². The van der Waals surface area contributed by atoms with Gasteiger partial charge in [0.1, 0.15) is 5.75 Å². The largest absolute Gasteiger partial charge is 0.494 e. The van der Waals surface area contributed by atoms with Crippen LogP contribution in [0, 0.1) is 0 Å². The predicted octanol–water partition coefficient (Wildman–Crippen LogP) is 4.86. The van der Waals surface area contributed by atoms with E-state index in [1.165, 1.54) is 0 Å². The molecular weight excluding hydrogens is 318 g/mol. The van der Waals surface area contributed by atoms with E-state index in [-0.39, 0.29) is 5.91 Å². The highest BCUT2D eigenvalue weighted by Crippen LogP contribution is 2.27. The van der Waals surface area contributed by atoms with E-state index < -0.39 is 0 Å². The molecule has 0 aliphatic rings. The number of halogens is 1. The van der Waals surface area contributed by atoms with Gasteiger partial charge < -0.3 is 10.1 Å². The zero-order chi connectivity index (χ0) is 15.8. The van der Waals surface area contributed by atoms with Gasteiger partial charge in [-0.2, -0.15) is 0 Å². The molecule has 0 atom stereocenters. The second-order valence-electron chi connectivity index (χ2n) is 4.53. The maximum Gasteiger partial charge on any atom is 0.225 e. The molecule has 0 bridgehead atoms. The number of carbonyl (C=O) groups excluding carboxylic acids is 1. The maximum absolute atomic E-state index is 11.9. The van der Waals surface area contributed by atoms with Crippen LogP contribution in [0.4, 0.5) is 5.69 Å². The van der Waals surface area contributed by atoms with Gasteiger partial charge in [-0.25, -0.2) is 0 Å². The molecule has 1 amide bonds. The smallest absolute Gasteiger partial charge is 0.225 e. The molecule has 0 heterocycles. The standard InChI is InChI=1S/C17H18ClNO2S/c1-2-21-14-9-7-13(8-10-14)19-17(20)11-12-22-16-6-4-3-5-15(16)18/h3-10H,2,11-12H2,1H3,(H,19,20). The zero-order valence-electron chi connectivity index (χ0n) is 12.3. The molecule has 2 rings (SSSR count). The summed E-state index contributed by atoms with van der Waals surface area (Å²) in [6.07, 6.45) is 0.434. The molecule has 0 saturated carbocycles. The summed E-state index contributed by atoms with van der Waals surface area (Å²) in [5.74, 6) is 1.48. The number of nitrogens with one attached hydrogen (secondary N) is 1. The van der Waals surface area contributed by atoms with Crippen molar-refractivity contribution in [2.24, 2.45) is 0 Å². The minimum absolute atomic E-state index is 0.0105. The Morgan fingerprint density at radius 1 is 1.18 bits per heavy atom. The van der Waals surface area contributed by atoms with Crippen molar-refractivity contribution in [3.8, 4) is 5.75 Å². The van der Waals surface area contributed by atoms with Crippen LogP contribution in [0.5, 0.6) is 5.75 Å². The lowest BCUT2D eigenvalue weighted by molar-refractivity contribution is -0.115. The van der Waals surface area contributed by atoms with E-state index >= 15 is 0 Å². The number of ether oxygens (including phenoxy) is 1. The summed E-state index contributed by atoms with van der Waals surface area (Å²) < 4.78 is 5.36. The lowest BCUT2D eigenvalue weighted by Gasteiger charge is -2.07. The van der Waals surface area contributed by atoms with Crippen LogP contribution in [0.15, 0.2) is 53.4 Å². The molecule has 2 aromatic carbocycles. The van der Waals surface area contributed by atoms with Gasteiger partial charge in [-0.15, -0.1) is 11.8 Å². The minimum Gasteiger partial charge on any atom is -0.494 e. The van der Waals surface area contributed by atoms with Crippen molar-refractivity contribution in [3.05, 3.63) is 53.6 Å². The van der Waals surface area contributed by atoms with Gasteiger partial charge >= 0.3 is 0 Å². The molecule has 0 saturated heterocycles. The van der Waals surface area contributed by atoms with Crippen LogP contribution in [-0.4, -0.2) is 18.3 Å². The third-order valence-corrected chi connectivity index (χ3v) is 4.39. The van der Waals surface area contributed by atoms with Crippen LogP contribution in [0.1, 0.15) is 13.3 Å². The second kappa shape index (κ2) is 8.71. The summed E-state index contributed by atoms with van der Waals surface area (Å²) in [4.78, 5) is 12.9. The summed E-state index contributed by atoms with van der Waals surface area (Å²) in [5.41, 5.74) is 0.774. The highest BCUT2D eigenvalue weighted by molar-refractivity contribution is 7.99. The molecule has 0 aromatic heterocycles. The Labute approximate surface area is 140 Å². The number of anilines is 1. The van der Waals surface area contributed by atoms with Crippen LogP contribution in [0.25, 0.3) is 0 Å². The van der Waals surface area contributed by atoms with Crippen LogP contribution < -0.4 is 10.1 Å². The topological polar surface area (TPSA) is 38.3 Å². The van der Waals surface area contributed by atoms with Gasteiger partial charge in [0.15, 0.2) is 0 Å². The summed E-state index contributed by atoms with van der Waals surface area (Å²) in [7, 11) is 0. The second-order valence-corrected chi connectivity index (χ2v) is 6.08. The Hall–Kier alpha value is -1.65. The van der Waals surface area contributed by atoms with Gasteiger partial charge in [-0.3, -0.25) is 4.79 Å².